The largest absolute Gasteiger partial charge is 0.481 e. The summed E-state index contributed by atoms with van der Waals surface area (Å²) in [5.74, 6) is -0.795. The van der Waals surface area contributed by atoms with Gasteiger partial charge in [-0.3, -0.25) is 14.3 Å². The number of rotatable bonds is 8. The van der Waals surface area contributed by atoms with Crippen LogP contribution in [0.3, 0.4) is 0 Å². The number of aromatic nitrogens is 2. The van der Waals surface area contributed by atoms with E-state index >= 15 is 0 Å². The van der Waals surface area contributed by atoms with E-state index in [1.165, 1.54) is 0 Å². The third-order valence-corrected chi connectivity index (χ3v) is 3.70. The first-order chi connectivity index (χ1) is 9.81. The second-order valence-electron chi connectivity index (χ2n) is 5.53. The summed E-state index contributed by atoms with van der Waals surface area (Å²) in [6.07, 6.45) is 2.52. The number of aliphatic carboxylic acids is 1. The fourth-order valence-electron chi connectivity index (χ4n) is 2.40. The molecule has 1 heterocycles. The van der Waals surface area contributed by atoms with Gasteiger partial charge in [-0.15, -0.1) is 0 Å². The Morgan fingerprint density at radius 2 is 2.00 bits per heavy atom. The second kappa shape index (κ2) is 7.81. The van der Waals surface area contributed by atoms with Gasteiger partial charge >= 0.3 is 5.97 Å². The first-order valence-corrected chi connectivity index (χ1v) is 7.31. The SMILES string of the molecule is Cc1nn(C)c(C)c1CCC(=O)NC(C)CCCC(=O)O. The number of carbonyl (C=O) groups is 2. The van der Waals surface area contributed by atoms with Crippen LogP contribution in [-0.2, 0) is 23.1 Å². The van der Waals surface area contributed by atoms with Crippen LogP contribution in [0.15, 0.2) is 0 Å². The summed E-state index contributed by atoms with van der Waals surface area (Å²) in [6, 6.07) is 0.00735. The summed E-state index contributed by atoms with van der Waals surface area (Å²) in [5.41, 5.74) is 3.19. The van der Waals surface area contributed by atoms with Gasteiger partial charge in [0.2, 0.25) is 5.91 Å². The van der Waals surface area contributed by atoms with E-state index in [0.29, 0.717) is 25.7 Å². The average molecular weight is 295 g/mol. The van der Waals surface area contributed by atoms with Gasteiger partial charge in [-0.05, 0) is 45.6 Å². The maximum absolute atomic E-state index is 11.9. The van der Waals surface area contributed by atoms with Crippen LogP contribution in [0.25, 0.3) is 0 Å². The lowest BCUT2D eigenvalue weighted by molar-refractivity contribution is -0.137. The molecular formula is C15H25N3O3. The molecule has 0 fully saturated rings. The van der Waals surface area contributed by atoms with Crippen LogP contribution in [0.5, 0.6) is 0 Å². The van der Waals surface area contributed by atoms with Gasteiger partial charge in [-0.25, -0.2) is 0 Å². The molecule has 1 amide bonds. The number of nitrogens with one attached hydrogen (secondary N) is 1. The fourth-order valence-corrected chi connectivity index (χ4v) is 2.40. The zero-order chi connectivity index (χ0) is 16.0. The Morgan fingerprint density at radius 1 is 1.33 bits per heavy atom. The van der Waals surface area contributed by atoms with Crippen LogP contribution in [0, 0.1) is 13.8 Å². The maximum Gasteiger partial charge on any atom is 0.303 e. The second-order valence-corrected chi connectivity index (χ2v) is 5.53. The molecule has 0 aromatic carbocycles. The van der Waals surface area contributed by atoms with E-state index in [1.807, 2.05) is 32.5 Å². The number of aryl methyl sites for hydroxylation is 2. The smallest absolute Gasteiger partial charge is 0.303 e. The molecule has 0 aliphatic rings. The molecule has 0 aliphatic carbocycles. The molecule has 0 saturated carbocycles. The van der Waals surface area contributed by atoms with Crippen molar-refractivity contribution in [2.75, 3.05) is 0 Å². The lowest BCUT2D eigenvalue weighted by Crippen LogP contribution is -2.32. The van der Waals surface area contributed by atoms with Crippen LogP contribution in [0.1, 0.15) is 49.6 Å². The zero-order valence-electron chi connectivity index (χ0n) is 13.3. The quantitative estimate of drug-likeness (QED) is 0.765. The third-order valence-electron chi connectivity index (χ3n) is 3.70. The molecule has 6 nitrogen and oxygen atoms in total. The van der Waals surface area contributed by atoms with E-state index in [2.05, 4.69) is 10.4 Å². The molecule has 1 aromatic heterocycles. The predicted molar refractivity (Wildman–Crippen MR) is 80.1 cm³/mol. The predicted octanol–water partition coefficient (Wildman–Crippen LogP) is 1.73. The van der Waals surface area contributed by atoms with Crippen LogP contribution in [0.2, 0.25) is 0 Å². The Hall–Kier alpha value is -1.85. The van der Waals surface area contributed by atoms with Gasteiger partial charge in [-0.1, -0.05) is 0 Å². The number of hydrogen-bond acceptors (Lipinski definition) is 3. The van der Waals surface area contributed by atoms with E-state index in [-0.39, 0.29) is 18.4 Å². The van der Waals surface area contributed by atoms with Crippen molar-refractivity contribution < 1.29 is 14.7 Å². The first-order valence-electron chi connectivity index (χ1n) is 7.31. The first kappa shape index (κ1) is 17.2. The lowest BCUT2D eigenvalue weighted by atomic mass is 10.1. The molecule has 2 N–H and O–H groups in total. The molecule has 1 aromatic rings. The van der Waals surface area contributed by atoms with Crippen molar-refractivity contribution >= 4 is 11.9 Å². The number of amides is 1. The Morgan fingerprint density at radius 3 is 2.52 bits per heavy atom. The fraction of sp³-hybridized carbons (Fsp3) is 0.667. The van der Waals surface area contributed by atoms with Crippen molar-refractivity contribution in [1.82, 2.24) is 15.1 Å². The summed E-state index contributed by atoms with van der Waals surface area (Å²) >= 11 is 0. The highest BCUT2D eigenvalue weighted by molar-refractivity contribution is 5.76. The Balaban J connectivity index is 2.35. The Bertz CT molecular complexity index is 509. The van der Waals surface area contributed by atoms with Gasteiger partial charge in [-0.2, -0.15) is 5.10 Å². The molecular weight excluding hydrogens is 270 g/mol. The lowest BCUT2D eigenvalue weighted by Gasteiger charge is -2.13. The molecule has 1 unspecified atom stereocenters. The van der Waals surface area contributed by atoms with Crippen molar-refractivity contribution in [3.63, 3.8) is 0 Å². The molecule has 1 rings (SSSR count). The van der Waals surface area contributed by atoms with Gasteiger partial charge in [0.25, 0.3) is 0 Å². The molecule has 0 saturated heterocycles. The van der Waals surface area contributed by atoms with Crippen molar-refractivity contribution in [3.05, 3.63) is 17.0 Å². The zero-order valence-corrected chi connectivity index (χ0v) is 13.3. The molecule has 0 radical (unpaired) electrons. The van der Waals surface area contributed by atoms with Gasteiger partial charge in [0.15, 0.2) is 0 Å². The summed E-state index contributed by atoms with van der Waals surface area (Å²) in [6.45, 7) is 5.86. The summed E-state index contributed by atoms with van der Waals surface area (Å²) in [7, 11) is 1.90. The van der Waals surface area contributed by atoms with E-state index in [9.17, 15) is 9.59 Å². The van der Waals surface area contributed by atoms with E-state index in [4.69, 9.17) is 5.11 Å². The van der Waals surface area contributed by atoms with Crippen LogP contribution >= 0.6 is 0 Å². The normalized spacial score (nSPS) is 12.2. The highest BCUT2D eigenvalue weighted by atomic mass is 16.4. The topological polar surface area (TPSA) is 84.2 Å². The molecule has 118 valence electrons. The maximum atomic E-state index is 11.9. The Kier molecular flexibility index (Phi) is 6.39. The van der Waals surface area contributed by atoms with E-state index in [0.717, 1.165) is 17.0 Å². The molecule has 6 heteroatoms. The molecule has 0 aliphatic heterocycles. The molecule has 21 heavy (non-hydrogen) atoms. The highest BCUT2D eigenvalue weighted by Gasteiger charge is 2.13. The van der Waals surface area contributed by atoms with Gasteiger partial charge in [0.1, 0.15) is 0 Å². The van der Waals surface area contributed by atoms with Crippen molar-refractivity contribution in [3.8, 4) is 0 Å². The average Bonchev–Trinajstić information content (AvgIpc) is 2.60. The summed E-state index contributed by atoms with van der Waals surface area (Å²) in [5, 5.41) is 15.8. The van der Waals surface area contributed by atoms with Crippen LogP contribution in [0.4, 0.5) is 0 Å². The molecule has 0 spiro atoms. The third kappa shape index (κ3) is 5.57. The number of hydrogen-bond donors (Lipinski definition) is 2. The van der Waals surface area contributed by atoms with Crippen LogP contribution in [-0.4, -0.2) is 32.8 Å². The standard InChI is InChI=1S/C15H25N3O3/c1-10(6-5-7-15(20)21)16-14(19)9-8-13-11(2)17-18(4)12(13)3/h10H,5-9H2,1-4H3,(H,16,19)(H,20,21). The monoisotopic (exact) mass is 295 g/mol. The highest BCUT2D eigenvalue weighted by Crippen LogP contribution is 2.14. The van der Waals surface area contributed by atoms with E-state index in [1.54, 1.807) is 0 Å². The van der Waals surface area contributed by atoms with Crippen molar-refractivity contribution in [2.24, 2.45) is 7.05 Å². The van der Waals surface area contributed by atoms with Crippen molar-refractivity contribution in [2.45, 2.75) is 58.9 Å². The molecule has 1 atom stereocenters. The summed E-state index contributed by atoms with van der Waals surface area (Å²) in [4.78, 5) is 22.3. The number of carboxylic acid groups (broad SMARTS) is 1. The minimum atomic E-state index is -0.795. The molecule has 0 bridgehead atoms. The number of carbonyl (C=O) groups excluding carboxylic acids is 1. The number of nitrogens with zero attached hydrogens (tertiary/aromatic N) is 2. The van der Waals surface area contributed by atoms with Crippen LogP contribution < -0.4 is 5.32 Å². The Labute approximate surface area is 125 Å². The van der Waals surface area contributed by atoms with E-state index < -0.39 is 5.97 Å². The van der Waals surface area contributed by atoms with Gasteiger partial charge < -0.3 is 10.4 Å². The van der Waals surface area contributed by atoms with Gasteiger partial charge in [0.05, 0.1) is 5.69 Å². The number of carboxylic acids is 1. The minimum Gasteiger partial charge on any atom is -0.481 e. The van der Waals surface area contributed by atoms with Gasteiger partial charge in [0, 0.05) is 31.6 Å². The minimum absolute atomic E-state index is 0.000443. The van der Waals surface area contributed by atoms with Crippen molar-refractivity contribution in [1.29, 1.82) is 0 Å². The summed E-state index contributed by atoms with van der Waals surface area (Å²) < 4.78 is 1.83.